The van der Waals surface area contributed by atoms with E-state index in [0.29, 0.717) is 13.0 Å². The first-order valence-electron chi connectivity index (χ1n) is 7.29. The SMILES string of the molecule is O=C(O)CC1CCCCN1C(=O)C1CCC(F)(F)CC1. The summed E-state index contributed by atoms with van der Waals surface area (Å²) in [5.74, 6) is -4.03. The van der Waals surface area contributed by atoms with Gasteiger partial charge in [-0.1, -0.05) is 0 Å². The van der Waals surface area contributed by atoms with Gasteiger partial charge < -0.3 is 10.0 Å². The number of carbonyl (C=O) groups is 2. The highest BCUT2D eigenvalue weighted by Gasteiger charge is 2.40. The van der Waals surface area contributed by atoms with E-state index >= 15 is 0 Å². The third kappa shape index (κ3) is 3.67. The van der Waals surface area contributed by atoms with Gasteiger partial charge in [-0.2, -0.15) is 0 Å². The number of hydrogen-bond donors (Lipinski definition) is 1. The lowest BCUT2D eigenvalue weighted by molar-refractivity contribution is -0.146. The Balaban J connectivity index is 1.97. The average Bonchev–Trinajstić information content (AvgIpc) is 2.38. The maximum Gasteiger partial charge on any atom is 0.305 e. The van der Waals surface area contributed by atoms with E-state index in [1.807, 2.05) is 0 Å². The molecule has 1 amide bonds. The van der Waals surface area contributed by atoms with Crippen LogP contribution in [0.25, 0.3) is 0 Å². The monoisotopic (exact) mass is 289 g/mol. The van der Waals surface area contributed by atoms with E-state index < -0.39 is 11.9 Å². The highest BCUT2D eigenvalue weighted by atomic mass is 19.3. The van der Waals surface area contributed by atoms with Crippen molar-refractivity contribution in [3.63, 3.8) is 0 Å². The number of hydrogen-bond acceptors (Lipinski definition) is 2. The van der Waals surface area contributed by atoms with Crippen LogP contribution in [0.3, 0.4) is 0 Å². The minimum absolute atomic E-state index is 0.0470. The molecular formula is C14H21F2NO3. The van der Waals surface area contributed by atoms with E-state index in [9.17, 15) is 18.4 Å². The molecule has 1 N–H and O–H groups in total. The first kappa shape index (κ1) is 15.2. The fourth-order valence-corrected chi connectivity index (χ4v) is 3.23. The van der Waals surface area contributed by atoms with E-state index in [0.717, 1.165) is 12.8 Å². The van der Waals surface area contributed by atoms with Gasteiger partial charge in [-0.3, -0.25) is 9.59 Å². The largest absolute Gasteiger partial charge is 0.481 e. The molecule has 0 bridgehead atoms. The number of rotatable bonds is 3. The number of amides is 1. The van der Waals surface area contributed by atoms with Gasteiger partial charge in [0.1, 0.15) is 0 Å². The van der Waals surface area contributed by atoms with Crippen LogP contribution in [0.5, 0.6) is 0 Å². The van der Waals surface area contributed by atoms with Crippen LogP contribution in [0, 0.1) is 5.92 Å². The van der Waals surface area contributed by atoms with Crippen LogP contribution in [-0.4, -0.2) is 40.4 Å². The summed E-state index contributed by atoms with van der Waals surface area (Å²) in [6, 6.07) is -0.267. The second kappa shape index (κ2) is 6.06. The minimum Gasteiger partial charge on any atom is -0.481 e. The zero-order valence-corrected chi connectivity index (χ0v) is 11.5. The summed E-state index contributed by atoms with van der Waals surface area (Å²) in [6.07, 6.45) is 2.39. The molecule has 6 heteroatoms. The summed E-state index contributed by atoms with van der Waals surface area (Å²) in [4.78, 5) is 24.9. The molecule has 0 aromatic rings. The predicted octanol–water partition coefficient (Wildman–Crippen LogP) is 2.67. The minimum atomic E-state index is -2.64. The fourth-order valence-electron chi connectivity index (χ4n) is 3.23. The zero-order valence-electron chi connectivity index (χ0n) is 11.5. The Kier molecular flexibility index (Phi) is 4.60. The summed E-state index contributed by atoms with van der Waals surface area (Å²) in [5, 5.41) is 8.91. The molecule has 1 heterocycles. The molecule has 2 aliphatic rings. The first-order valence-corrected chi connectivity index (χ1v) is 7.29. The number of piperidine rings is 1. The van der Waals surface area contributed by atoms with Gasteiger partial charge in [0.05, 0.1) is 6.42 Å². The van der Waals surface area contributed by atoms with E-state index in [-0.39, 0.29) is 50.0 Å². The Hall–Kier alpha value is -1.20. The van der Waals surface area contributed by atoms with E-state index in [4.69, 9.17) is 5.11 Å². The Morgan fingerprint density at radius 2 is 1.80 bits per heavy atom. The number of nitrogens with zero attached hydrogens (tertiary/aromatic N) is 1. The van der Waals surface area contributed by atoms with Crippen molar-refractivity contribution in [3.05, 3.63) is 0 Å². The molecule has 20 heavy (non-hydrogen) atoms. The molecule has 4 nitrogen and oxygen atoms in total. The van der Waals surface area contributed by atoms with Gasteiger partial charge in [-0.25, -0.2) is 8.78 Å². The van der Waals surface area contributed by atoms with Crippen LogP contribution in [-0.2, 0) is 9.59 Å². The standard InChI is InChI=1S/C14H21F2NO3/c15-14(16)6-4-10(5-7-14)13(20)17-8-2-1-3-11(17)9-12(18)19/h10-11H,1-9H2,(H,18,19). The number of carboxylic acid groups (broad SMARTS) is 1. The molecule has 114 valence electrons. The summed E-state index contributed by atoms with van der Waals surface area (Å²) >= 11 is 0. The lowest BCUT2D eigenvalue weighted by atomic mass is 9.85. The molecule has 1 aliphatic heterocycles. The normalized spacial score (nSPS) is 27.3. The predicted molar refractivity (Wildman–Crippen MR) is 68.5 cm³/mol. The molecule has 1 saturated carbocycles. The number of carboxylic acids is 1. The summed E-state index contributed by atoms with van der Waals surface area (Å²) in [6.45, 7) is 0.559. The molecule has 0 aromatic heterocycles. The average molecular weight is 289 g/mol. The van der Waals surface area contributed by atoms with Crippen LogP contribution >= 0.6 is 0 Å². The van der Waals surface area contributed by atoms with Crippen molar-refractivity contribution in [2.24, 2.45) is 5.92 Å². The molecule has 2 rings (SSSR count). The van der Waals surface area contributed by atoms with Crippen molar-refractivity contribution in [2.75, 3.05) is 6.54 Å². The molecular weight excluding hydrogens is 268 g/mol. The number of halogens is 2. The Morgan fingerprint density at radius 1 is 1.15 bits per heavy atom. The zero-order chi connectivity index (χ0) is 14.8. The van der Waals surface area contributed by atoms with Crippen molar-refractivity contribution in [1.29, 1.82) is 0 Å². The Labute approximate surface area is 117 Å². The van der Waals surface area contributed by atoms with Gasteiger partial charge in [0, 0.05) is 31.3 Å². The molecule has 2 fully saturated rings. The summed E-state index contributed by atoms with van der Waals surface area (Å²) in [5.41, 5.74) is 0. The molecule has 1 unspecified atom stereocenters. The van der Waals surface area contributed by atoms with Crippen molar-refractivity contribution in [3.8, 4) is 0 Å². The summed E-state index contributed by atoms with van der Waals surface area (Å²) in [7, 11) is 0. The van der Waals surface area contributed by atoms with Crippen molar-refractivity contribution < 1.29 is 23.5 Å². The topological polar surface area (TPSA) is 57.6 Å². The van der Waals surface area contributed by atoms with Crippen molar-refractivity contribution in [2.45, 2.75) is 63.3 Å². The van der Waals surface area contributed by atoms with Gasteiger partial charge in [0.2, 0.25) is 11.8 Å². The first-order chi connectivity index (χ1) is 9.39. The molecule has 1 aliphatic carbocycles. The van der Waals surface area contributed by atoms with Crippen LogP contribution < -0.4 is 0 Å². The van der Waals surface area contributed by atoms with Crippen LogP contribution in [0.2, 0.25) is 0 Å². The van der Waals surface area contributed by atoms with E-state index in [2.05, 4.69) is 0 Å². The third-order valence-corrected chi connectivity index (χ3v) is 4.39. The smallest absolute Gasteiger partial charge is 0.305 e. The van der Waals surface area contributed by atoms with Crippen LogP contribution in [0.1, 0.15) is 51.4 Å². The maximum atomic E-state index is 13.1. The third-order valence-electron chi connectivity index (χ3n) is 4.39. The molecule has 1 saturated heterocycles. The van der Waals surface area contributed by atoms with Crippen LogP contribution in [0.15, 0.2) is 0 Å². The number of alkyl halides is 2. The highest BCUT2D eigenvalue weighted by molar-refractivity contribution is 5.80. The maximum absolute atomic E-state index is 13.1. The van der Waals surface area contributed by atoms with Gasteiger partial charge in [0.15, 0.2) is 0 Å². The second-order valence-electron chi connectivity index (χ2n) is 5.91. The van der Waals surface area contributed by atoms with Crippen LogP contribution in [0.4, 0.5) is 8.78 Å². The van der Waals surface area contributed by atoms with Crippen molar-refractivity contribution in [1.82, 2.24) is 4.90 Å². The summed E-state index contributed by atoms with van der Waals surface area (Å²) < 4.78 is 26.3. The van der Waals surface area contributed by atoms with Gasteiger partial charge in [0.25, 0.3) is 0 Å². The quantitative estimate of drug-likeness (QED) is 0.869. The molecule has 1 atom stereocenters. The van der Waals surface area contributed by atoms with Gasteiger partial charge in [-0.15, -0.1) is 0 Å². The van der Waals surface area contributed by atoms with E-state index in [1.54, 1.807) is 4.90 Å². The number of likely N-dealkylation sites (tertiary alicyclic amines) is 1. The fraction of sp³-hybridized carbons (Fsp3) is 0.857. The molecule has 0 aromatic carbocycles. The number of carbonyl (C=O) groups excluding carboxylic acids is 1. The highest BCUT2D eigenvalue weighted by Crippen LogP contribution is 2.37. The van der Waals surface area contributed by atoms with Gasteiger partial charge in [-0.05, 0) is 32.1 Å². The Morgan fingerprint density at radius 3 is 2.40 bits per heavy atom. The lowest BCUT2D eigenvalue weighted by Gasteiger charge is -2.38. The van der Waals surface area contributed by atoms with E-state index in [1.165, 1.54) is 0 Å². The van der Waals surface area contributed by atoms with Gasteiger partial charge >= 0.3 is 5.97 Å². The molecule has 0 radical (unpaired) electrons. The number of aliphatic carboxylic acids is 1. The Bertz CT molecular complexity index is 377. The molecule has 0 spiro atoms. The van der Waals surface area contributed by atoms with Crippen molar-refractivity contribution >= 4 is 11.9 Å². The second-order valence-corrected chi connectivity index (χ2v) is 5.91. The lowest BCUT2D eigenvalue weighted by Crippen LogP contribution is -2.48.